The maximum Gasteiger partial charge on any atom is 0.251 e. The molecule has 3 rings (SSSR count). The SMILES string of the molecule is CCCCC1(CC)CN(c2ccc(C(=O)NC(C)(C)C)cc2)c2cc(SC)c(O)cc2S(=O)(=O)C1. The van der Waals surface area contributed by atoms with Gasteiger partial charge in [0.1, 0.15) is 5.75 Å². The van der Waals surface area contributed by atoms with Crippen molar-refractivity contribution in [3.8, 4) is 5.75 Å². The molecule has 0 saturated heterocycles. The van der Waals surface area contributed by atoms with Crippen molar-refractivity contribution in [3.05, 3.63) is 42.0 Å². The molecular weight excluding hydrogens is 480 g/mol. The number of unbranched alkanes of at least 4 members (excludes halogenated alkanes) is 1. The van der Waals surface area contributed by atoms with Gasteiger partial charge in [-0.25, -0.2) is 8.42 Å². The van der Waals surface area contributed by atoms with Crippen molar-refractivity contribution >= 4 is 38.9 Å². The van der Waals surface area contributed by atoms with E-state index in [0.29, 0.717) is 22.7 Å². The van der Waals surface area contributed by atoms with E-state index in [1.54, 1.807) is 18.2 Å². The molecule has 8 heteroatoms. The Bertz CT molecular complexity index is 1170. The fourth-order valence-corrected chi connectivity index (χ4v) is 7.32. The zero-order valence-electron chi connectivity index (χ0n) is 21.6. The van der Waals surface area contributed by atoms with E-state index < -0.39 is 15.3 Å². The zero-order chi connectivity index (χ0) is 26.0. The van der Waals surface area contributed by atoms with Crippen molar-refractivity contribution < 1.29 is 18.3 Å². The molecule has 35 heavy (non-hydrogen) atoms. The predicted octanol–water partition coefficient (Wildman–Crippen LogP) is 6.15. The highest BCUT2D eigenvalue weighted by Crippen LogP contribution is 2.47. The van der Waals surface area contributed by atoms with E-state index in [4.69, 9.17) is 0 Å². The van der Waals surface area contributed by atoms with Crippen LogP contribution in [0.3, 0.4) is 0 Å². The summed E-state index contributed by atoms with van der Waals surface area (Å²) < 4.78 is 27.3. The lowest BCUT2D eigenvalue weighted by Gasteiger charge is -2.36. The molecular formula is C27H38N2O4S2. The highest BCUT2D eigenvalue weighted by atomic mass is 32.2. The number of carbonyl (C=O) groups excluding carboxylic acids is 1. The van der Waals surface area contributed by atoms with Crippen molar-refractivity contribution in [3.63, 3.8) is 0 Å². The Morgan fingerprint density at radius 1 is 1.17 bits per heavy atom. The minimum Gasteiger partial charge on any atom is -0.507 e. The molecule has 192 valence electrons. The maximum absolute atomic E-state index is 13.6. The normalized spacial score (nSPS) is 19.7. The average molecular weight is 519 g/mol. The second kappa shape index (κ2) is 10.4. The smallest absolute Gasteiger partial charge is 0.251 e. The van der Waals surface area contributed by atoms with Gasteiger partial charge in [-0.2, -0.15) is 0 Å². The summed E-state index contributed by atoms with van der Waals surface area (Å²) in [4.78, 5) is 15.5. The third-order valence-electron chi connectivity index (χ3n) is 6.62. The van der Waals surface area contributed by atoms with Gasteiger partial charge >= 0.3 is 0 Å². The van der Waals surface area contributed by atoms with Crippen LogP contribution in [0.4, 0.5) is 11.4 Å². The highest BCUT2D eigenvalue weighted by Gasteiger charge is 2.41. The quantitative estimate of drug-likeness (QED) is 0.427. The Morgan fingerprint density at radius 2 is 1.83 bits per heavy atom. The summed E-state index contributed by atoms with van der Waals surface area (Å²) in [6, 6.07) is 10.5. The van der Waals surface area contributed by atoms with E-state index in [9.17, 15) is 18.3 Å². The molecule has 0 bridgehead atoms. The average Bonchev–Trinajstić information content (AvgIpc) is 2.88. The van der Waals surface area contributed by atoms with E-state index in [1.807, 2.05) is 39.2 Å². The number of hydrogen-bond donors (Lipinski definition) is 2. The molecule has 2 aromatic carbocycles. The number of carbonyl (C=O) groups is 1. The number of fused-ring (bicyclic) bond motifs is 1. The Balaban J connectivity index is 2.15. The number of hydrogen-bond acceptors (Lipinski definition) is 6. The van der Waals surface area contributed by atoms with Crippen LogP contribution in [0.1, 0.15) is 70.7 Å². The fraction of sp³-hybridized carbons (Fsp3) is 0.519. The number of nitrogens with zero attached hydrogens (tertiary/aromatic N) is 1. The monoisotopic (exact) mass is 518 g/mol. The highest BCUT2D eigenvalue weighted by molar-refractivity contribution is 7.98. The zero-order valence-corrected chi connectivity index (χ0v) is 23.3. The first-order valence-corrected chi connectivity index (χ1v) is 15.1. The molecule has 0 spiro atoms. The number of nitrogens with one attached hydrogen (secondary N) is 1. The molecule has 1 heterocycles. The lowest BCUT2D eigenvalue weighted by atomic mass is 9.81. The van der Waals surface area contributed by atoms with Gasteiger partial charge in [-0.05, 0) is 70.2 Å². The molecule has 6 nitrogen and oxygen atoms in total. The van der Waals surface area contributed by atoms with Crippen molar-refractivity contribution in [2.24, 2.45) is 5.41 Å². The second-order valence-corrected chi connectivity index (χ2v) is 13.4. The minimum absolute atomic E-state index is 0.0217. The maximum atomic E-state index is 13.6. The van der Waals surface area contributed by atoms with Gasteiger partial charge in [0.05, 0.1) is 21.2 Å². The summed E-state index contributed by atoms with van der Waals surface area (Å²) in [7, 11) is -3.63. The first kappa shape index (κ1) is 27.4. The number of sulfone groups is 1. The van der Waals surface area contributed by atoms with E-state index >= 15 is 0 Å². The summed E-state index contributed by atoms with van der Waals surface area (Å²) in [6.45, 7) is 10.5. The fourth-order valence-electron chi connectivity index (χ4n) is 4.64. The standard InChI is InChI=1S/C27H38N2O4S2/c1-7-9-14-27(8-2)17-29(20-12-10-19(11-13-20)25(31)28-26(3,4)5)21-15-23(34-6)22(30)16-24(21)35(32,33)18-27/h10-13,15-16,30H,7-9,14,17-18H2,1-6H3,(H,28,31). The Labute approximate surface area is 214 Å². The molecule has 0 saturated carbocycles. The molecule has 2 N–H and O–H groups in total. The van der Waals surface area contributed by atoms with Crippen LogP contribution in [0, 0.1) is 5.41 Å². The van der Waals surface area contributed by atoms with Crippen LogP contribution in [0.2, 0.25) is 0 Å². The summed E-state index contributed by atoms with van der Waals surface area (Å²) >= 11 is 1.38. The minimum atomic E-state index is -3.63. The molecule has 0 aromatic heterocycles. The second-order valence-electron chi connectivity index (χ2n) is 10.5. The molecule has 0 radical (unpaired) electrons. The largest absolute Gasteiger partial charge is 0.507 e. The number of aromatic hydroxyl groups is 1. The molecule has 0 aliphatic carbocycles. The van der Waals surface area contributed by atoms with Gasteiger partial charge in [0.15, 0.2) is 9.84 Å². The van der Waals surface area contributed by atoms with Crippen LogP contribution in [0.25, 0.3) is 0 Å². The van der Waals surface area contributed by atoms with Crippen LogP contribution in [-0.4, -0.2) is 43.5 Å². The van der Waals surface area contributed by atoms with E-state index in [-0.39, 0.29) is 27.8 Å². The topological polar surface area (TPSA) is 86.7 Å². The van der Waals surface area contributed by atoms with Gasteiger partial charge in [0, 0.05) is 34.8 Å². The summed E-state index contributed by atoms with van der Waals surface area (Å²) in [5, 5.41) is 13.5. The number of rotatable bonds is 7. The van der Waals surface area contributed by atoms with Crippen LogP contribution in [0.5, 0.6) is 5.75 Å². The predicted molar refractivity (Wildman–Crippen MR) is 145 cm³/mol. The summed E-state index contributed by atoms with van der Waals surface area (Å²) in [6.07, 6.45) is 5.32. The van der Waals surface area contributed by atoms with Crippen molar-refractivity contribution in [1.29, 1.82) is 0 Å². The Morgan fingerprint density at radius 3 is 2.37 bits per heavy atom. The van der Waals surface area contributed by atoms with Gasteiger partial charge in [0.25, 0.3) is 5.91 Å². The molecule has 1 atom stereocenters. The van der Waals surface area contributed by atoms with Gasteiger partial charge in [-0.1, -0.05) is 26.7 Å². The number of amides is 1. The molecule has 1 aliphatic rings. The first-order chi connectivity index (χ1) is 16.3. The third-order valence-corrected chi connectivity index (χ3v) is 9.37. The van der Waals surface area contributed by atoms with E-state index in [1.165, 1.54) is 17.8 Å². The molecule has 1 aliphatic heterocycles. The third kappa shape index (κ3) is 6.15. The summed E-state index contributed by atoms with van der Waals surface area (Å²) in [5.74, 6) is -0.126. The van der Waals surface area contributed by atoms with Crippen molar-refractivity contribution in [2.45, 2.75) is 75.6 Å². The van der Waals surface area contributed by atoms with Crippen molar-refractivity contribution in [1.82, 2.24) is 5.32 Å². The number of anilines is 2. The van der Waals surface area contributed by atoms with Crippen LogP contribution in [-0.2, 0) is 9.84 Å². The van der Waals surface area contributed by atoms with Crippen molar-refractivity contribution in [2.75, 3.05) is 23.5 Å². The molecule has 1 unspecified atom stereocenters. The molecule has 1 amide bonds. The van der Waals surface area contributed by atoms with Crippen LogP contribution < -0.4 is 10.2 Å². The molecule has 2 aromatic rings. The van der Waals surface area contributed by atoms with Gasteiger partial charge in [-0.3, -0.25) is 4.79 Å². The Kier molecular flexibility index (Phi) is 8.16. The van der Waals surface area contributed by atoms with Gasteiger partial charge in [-0.15, -0.1) is 11.8 Å². The Hall–Kier alpha value is -2.19. The lowest BCUT2D eigenvalue weighted by molar-refractivity contribution is 0.0919. The number of thioether (sulfide) groups is 1. The number of phenolic OH excluding ortho intramolecular Hbond substituents is 1. The van der Waals surface area contributed by atoms with Crippen LogP contribution in [0.15, 0.2) is 46.2 Å². The number of phenols is 1. The van der Waals surface area contributed by atoms with Gasteiger partial charge < -0.3 is 15.3 Å². The first-order valence-electron chi connectivity index (χ1n) is 12.2. The molecule has 0 fully saturated rings. The van der Waals surface area contributed by atoms with E-state index in [2.05, 4.69) is 24.1 Å². The van der Waals surface area contributed by atoms with Crippen LogP contribution >= 0.6 is 11.8 Å². The lowest BCUT2D eigenvalue weighted by Crippen LogP contribution is -2.40. The van der Waals surface area contributed by atoms with Gasteiger partial charge in [0.2, 0.25) is 0 Å². The summed E-state index contributed by atoms with van der Waals surface area (Å²) in [5.41, 5.74) is 1.18. The number of benzene rings is 2. The van der Waals surface area contributed by atoms with E-state index in [0.717, 1.165) is 31.4 Å².